The molecule has 0 aliphatic carbocycles. The second kappa shape index (κ2) is 9.11. The normalized spacial score (nSPS) is 12.6. The number of rotatable bonds is 6. The summed E-state index contributed by atoms with van der Waals surface area (Å²) in [6.07, 6.45) is 1.71. The van der Waals surface area contributed by atoms with Gasteiger partial charge in [0.25, 0.3) is 17.7 Å². The number of nitrogens with zero attached hydrogens (tertiary/aromatic N) is 3. The smallest absolute Gasteiger partial charge is 0.261 e. The minimum atomic E-state index is -0.410. The van der Waals surface area contributed by atoms with Gasteiger partial charge in [0.05, 0.1) is 46.6 Å². The van der Waals surface area contributed by atoms with Crippen LogP contribution >= 0.6 is 11.3 Å². The lowest BCUT2D eigenvalue weighted by molar-refractivity contribution is 0.0642. The zero-order valence-electron chi connectivity index (χ0n) is 18.9. The number of hydrogen-bond acceptors (Lipinski definition) is 7. The Morgan fingerprint density at radius 3 is 2.40 bits per heavy atom. The lowest BCUT2D eigenvalue weighted by Crippen LogP contribution is -2.29. The van der Waals surface area contributed by atoms with Crippen LogP contribution in [0.2, 0.25) is 0 Å². The van der Waals surface area contributed by atoms with E-state index in [1.54, 1.807) is 48.7 Å². The van der Waals surface area contributed by atoms with E-state index in [1.807, 2.05) is 25.1 Å². The fourth-order valence-corrected chi connectivity index (χ4v) is 4.88. The Morgan fingerprint density at radius 1 is 1.03 bits per heavy atom. The summed E-state index contributed by atoms with van der Waals surface area (Å²) in [6, 6.07) is 17.3. The predicted molar refractivity (Wildman–Crippen MR) is 132 cm³/mol. The van der Waals surface area contributed by atoms with Gasteiger partial charge in [-0.2, -0.15) is 0 Å². The molecule has 0 fully saturated rings. The van der Waals surface area contributed by atoms with Crippen LogP contribution in [0.4, 0.5) is 5.13 Å². The number of pyridine rings is 1. The molecule has 4 aromatic rings. The van der Waals surface area contributed by atoms with Crippen LogP contribution in [0.3, 0.4) is 0 Å². The number of imide groups is 1. The van der Waals surface area contributed by atoms with Gasteiger partial charge in [-0.15, -0.1) is 0 Å². The summed E-state index contributed by atoms with van der Waals surface area (Å²) in [5, 5.41) is 3.26. The minimum absolute atomic E-state index is 0.0385. The summed E-state index contributed by atoms with van der Waals surface area (Å²) >= 11 is 1.33. The molecule has 3 amide bonds. The van der Waals surface area contributed by atoms with Crippen LogP contribution in [0, 0.1) is 6.92 Å². The van der Waals surface area contributed by atoms with Gasteiger partial charge in [-0.25, -0.2) is 4.98 Å². The van der Waals surface area contributed by atoms with Crippen molar-refractivity contribution >= 4 is 34.2 Å². The molecule has 3 heterocycles. The number of hydrogen-bond donors (Lipinski definition) is 1. The van der Waals surface area contributed by atoms with Crippen LogP contribution in [0.5, 0.6) is 5.75 Å². The number of amides is 3. The average Bonchev–Trinajstić information content (AvgIpc) is 3.36. The Kier molecular flexibility index (Phi) is 5.84. The number of anilines is 1. The maximum absolute atomic E-state index is 13.2. The maximum atomic E-state index is 13.2. The van der Waals surface area contributed by atoms with Crippen molar-refractivity contribution in [3.05, 3.63) is 94.8 Å². The number of carbonyl (C=O) groups excluding carboxylic acids is 3. The van der Waals surface area contributed by atoms with Gasteiger partial charge in [0.2, 0.25) is 0 Å². The van der Waals surface area contributed by atoms with Crippen molar-refractivity contribution in [1.82, 2.24) is 14.9 Å². The van der Waals surface area contributed by atoms with Crippen LogP contribution in [0.25, 0.3) is 10.6 Å². The standard InChI is InChI=1S/C26H20N4O4S/c1-15-22(20-9-5-6-12-27-20)35-26(28-15)29-23(31)19-13-16(10-11-21(19)34-2)14-30-24(32)17-7-3-4-8-18(17)25(30)33/h3-13H,14H2,1-2H3,(H,28,29,31). The van der Waals surface area contributed by atoms with E-state index < -0.39 is 5.91 Å². The minimum Gasteiger partial charge on any atom is -0.496 e. The quantitative estimate of drug-likeness (QED) is 0.402. The average molecular weight is 485 g/mol. The third-order valence-electron chi connectivity index (χ3n) is 5.64. The Labute approximate surface area is 205 Å². The van der Waals surface area contributed by atoms with Gasteiger partial charge in [-0.3, -0.25) is 29.6 Å². The molecule has 0 radical (unpaired) electrons. The summed E-state index contributed by atoms with van der Waals surface area (Å²) < 4.78 is 5.39. The number of carbonyl (C=O) groups is 3. The molecule has 0 saturated carbocycles. The molecule has 35 heavy (non-hydrogen) atoms. The van der Waals surface area contributed by atoms with E-state index in [0.717, 1.165) is 16.3 Å². The summed E-state index contributed by atoms with van der Waals surface area (Å²) in [7, 11) is 1.47. The largest absolute Gasteiger partial charge is 0.496 e. The fraction of sp³-hybridized carbons (Fsp3) is 0.115. The molecule has 9 heteroatoms. The van der Waals surface area contributed by atoms with Crippen LogP contribution in [0.15, 0.2) is 66.9 Å². The summed E-state index contributed by atoms with van der Waals surface area (Å²) in [5.74, 6) is -0.750. The van der Waals surface area contributed by atoms with Crippen LogP contribution < -0.4 is 10.1 Å². The van der Waals surface area contributed by atoms with Gasteiger partial charge in [0.1, 0.15) is 5.75 Å². The van der Waals surface area contributed by atoms with E-state index in [4.69, 9.17) is 4.74 Å². The zero-order valence-corrected chi connectivity index (χ0v) is 19.8. The topological polar surface area (TPSA) is 101 Å². The highest BCUT2D eigenvalue weighted by molar-refractivity contribution is 7.19. The molecule has 174 valence electrons. The van der Waals surface area contributed by atoms with Gasteiger partial charge in [-0.05, 0) is 48.9 Å². The number of thiazole rings is 1. The van der Waals surface area contributed by atoms with Crippen LogP contribution in [0.1, 0.15) is 42.3 Å². The molecule has 2 aromatic heterocycles. The third-order valence-corrected chi connectivity index (χ3v) is 6.74. The van der Waals surface area contributed by atoms with E-state index in [-0.39, 0.29) is 23.9 Å². The molecule has 0 bridgehead atoms. The SMILES string of the molecule is COc1ccc(CN2C(=O)c3ccccc3C2=O)cc1C(=O)Nc1nc(C)c(-c2ccccn2)s1. The lowest BCUT2D eigenvalue weighted by atomic mass is 10.1. The molecule has 1 N–H and O–H groups in total. The first-order valence-corrected chi connectivity index (χ1v) is 11.6. The van der Waals surface area contributed by atoms with Crippen molar-refractivity contribution in [2.45, 2.75) is 13.5 Å². The summed E-state index contributed by atoms with van der Waals surface area (Å²) in [6.45, 7) is 1.90. The summed E-state index contributed by atoms with van der Waals surface area (Å²) in [5.41, 5.74) is 3.20. The Morgan fingerprint density at radius 2 is 1.74 bits per heavy atom. The van der Waals surface area contributed by atoms with Crippen LogP contribution in [-0.4, -0.2) is 39.7 Å². The van der Waals surface area contributed by atoms with Gasteiger partial charge < -0.3 is 4.74 Å². The monoisotopic (exact) mass is 484 g/mol. The first-order chi connectivity index (χ1) is 17.0. The fourth-order valence-electron chi connectivity index (χ4n) is 3.95. The van der Waals surface area contributed by atoms with E-state index in [1.165, 1.54) is 23.3 Å². The van der Waals surface area contributed by atoms with E-state index >= 15 is 0 Å². The van der Waals surface area contributed by atoms with Crippen molar-refractivity contribution < 1.29 is 19.1 Å². The van der Waals surface area contributed by atoms with E-state index in [9.17, 15) is 14.4 Å². The highest BCUT2D eigenvalue weighted by atomic mass is 32.1. The highest BCUT2D eigenvalue weighted by Crippen LogP contribution is 2.32. The second-order valence-electron chi connectivity index (χ2n) is 7.88. The zero-order chi connectivity index (χ0) is 24.5. The third kappa shape index (κ3) is 4.17. The molecular weight excluding hydrogens is 464 g/mol. The number of benzene rings is 2. The molecular formula is C26H20N4O4S. The number of methoxy groups -OCH3 is 1. The number of fused-ring (bicyclic) bond motifs is 1. The molecule has 5 rings (SSSR count). The van der Waals surface area contributed by atoms with Crippen molar-refractivity contribution in [3.63, 3.8) is 0 Å². The second-order valence-corrected chi connectivity index (χ2v) is 8.88. The van der Waals surface area contributed by atoms with E-state index in [0.29, 0.717) is 27.6 Å². The Hall–Kier alpha value is -4.37. The number of nitrogens with one attached hydrogen (secondary N) is 1. The lowest BCUT2D eigenvalue weighted by Gasteiger charge is -2.16. The predicted octanol–water partition coefficient (Wildman–Crippen LogP) is 4.57. The number of ether oxygens (including phenoxy) is 1. The van der Waals surface area contributed by atoms with Crippen molar-refractivity contribution in [2.24, 2.45) is 0 Å². The molecule has 0 spiro atoms. The molecule has 2 aromatic carbocycles. The first-order valence-electron chi connectivity index (χ1n) is 10.8. The van der Waals surface area contributed by atoms with E-state index in [2.05, 4.69) is 15.3 Å². The Bertz CT molecular complexity index is 1430. The van der Waals surface area contributed by atoms with Crippen molar-refractivity contribution in [2.75, 3.05) is 12.4 Å². The first kappa shape index (κ1) is 22.4. The summed E-state index contributed by atoms with van der Waals surface area (Å²) in [4.78, 5) is 49.5. The molecule has 1 aliphatic heterocycles. The number of aryl methyl sites for hydroxylation is 1. The molecule has 8 nitrogen and oxygen atoms in total. The molecule has 0 atom stereocenters. The molecule has 1 aliphatic rings. The Balaban J connectivity index is 1.38. The maximum Gasteiger partial charge on any atom is 0.261 e. The molecule has 0 saturated heterocycles. The molecule has 0 unspecified atom stereocenters. The number of aromatic nitrogens is 2. The van der Waals surface area contributed by atoms with Gasteiger partial charge in [-0.1, -0.05) is 35.6 Å². The van der Waals surface area contributed by atoms with Crippen molar-refractivity contribution in [1.29, 1.82) is 0 Å². The van der Waals surface area contributed by atoms with Gasteiger partial charge in [0.15, 0.2) is 5.13 Å². The van der Waals surface area contributed by atoms with Crippen LogP contribution in [-0.2, 0) is 6.54 Å². The van der Waals surface area contributed by atoms with Gasteiger partial charge >= 0.3 is 0 Å². The van der Waals surface area contributed by atoms with Gasteiger partial charge in [0, 0.05) is 6.20 Å². The van der Waals surface area contributed by atoms with Crippen molar-refractivity contribution in [3.8, 4) is 16.3 Å². The highest BCUT2D eigenvalue weighted by Gasteiger charge is 2.35.